The Hall–Kier alpha value is -0.0800. The Bertz CT molecular complexity index is 154. The number of likely N-dealkylation sites (tertiary alicyclic amines) is 2. The number of rotatable bonds is 1. The second kappa shape index (κ2) is 2.46. The van der Waals surface area contributed by atoms with Crippen LogP contribution in [0.5, 0.6) is 0 Å². The predicted octanol–water partition coefficient (Wildman–Crippen LogP) is 0.783. The van der Waals surface area contributed by atoms with Gasteiger partial charge in [0, 0.05) is 31.2 Å². The number of likely N-dealkylation sites (N-methyl/N-ethyl adjacent to an activating group) is 1. The van der Waals surface area contributed by atoms with Crippen LogP contribution in [0, 0.1) is 0 Å². The van der Waals surface area contributed by atoms with Crippen LogP contribution in [0.1, 0.15) is 20.3 Å². The van der Waals surface area contributed by atoms with E-state index in [-0.39, 0.29) is 0 Å². The molecule has 2 fully saturated rings. The molecule has 2 aliphatic heterocycles. The topological polar surface area (TPSA) is 6.48 Å². The lowest BCUT2D eigenvalue weighted by molar-refractivity contribution is 0.121. The number of nitrogens with zero attached hydrogens (tertiary/aromatic N) is 2. The average Bonchev–Trinajstić information content (AvgIpc) is 2.43. The van der Waals surface area contributed by atoms with Gasteiger partial charge in [0.25, 0.3) is 0 Å². The van der Waals surface area contributed by atoms with Gasteiger partial charge in [-0.1, -0.05) is 0 Å². The molecule has 2 heteroatoms. The molecule has 0 N–H and O–H groups in total. The van der Waals surface area contributed by atoms with Crippen LogP contribution in [-0.4, -0.2) is 48.1 Å². The molecule has 0 amide bonds. The molecule has 0 radical (unpaired) electrons. The van der Waals surface area contributed by atoms with Gasteiger partial charge in [-0.3, -0.25) is 4.90 Å². The van der Waals surface area contributed by atoms with Gasteiger partial charge < -0.3 is 4.90 Å². The first-order chi connectivity index (χ1) is 5.18. The quantitative estimate of drug-likeness (QED) is 0.551. The van der Waals surface area contributed by atoms with E-state index < -0.39 is 0 Å². The van der Waals surface area contributed by atoms with Gasteiger partial charge in [-0.2, -0.15) is 0 Å². The Balaban J connectivity index is 2.02. The molecular formula is C9H18N2. The third-order valence-corrected chi connectivity index (χ3v) is 3.22. The van der Waals surface area contributed by atoms with E-state index in [1.807, 2.05) is 0 Å². The SMILES string of the molecule is CC(C)N1C[C@@H]2CC1CN2C. The molecule has 2 aliphatic rings. The van der Waals surface area contributed by atoms with Crippen LogP contribution in [0.4, 0.5) is 0 Å². The van der Waals surface area contributed by atoms with Crippen LogP contribution < -0.4 is 0 Å². The molecule has 2 nitrogen and oxygen atoms in total. The first kappa shape index (κ1) is 7.56. The molecular weight excluding hydrogens is 136 g/mol. The monoisotopic (exact) mass is 154 g/mol. The van der Waals surface area contributed by atoms with E-state index in [4.69, 9.17) is 0 Å². The second-order valence-electron chi connectivity index (χ2n) is 4.27. The first-order valence-corrected chi connectivity index (χ1v) is 4.64. The van der Waals surface area contributed by atoms with Crippen LogP contribution >= 0.6 is 0 Å². The summed E-state index contributed by atoms with van der Waals surface area (Å²) in [6.07, 6.45) is 1.41. The van der Waals surface area contributed by atoms with E-state index in [2.05, 4.69) is 30.7 Å². The summed E-state index contributed by atoms with van der Waals surface area (Å²) < 4.78 is 0. The predicted molar refractivity (Wildman–Crippen MR) is 46.7 cm³/mol. The minimum Gasteiger partial charge on any atom is -0.301 e. The maximum atomic E-state index is 2.64. The first-order valence-electron chi connectivity index (χ1n) is 4.64. The minimum atomic E-state index is 0.749. The molecule has 2 heterocycles. The molecule has 2 bridgehead atoms. The maximum absolute atomic E-state index is 2.64. The van der Waals surface area contributed by atoms with Crippen molar-refractivity contribution in [3.05, 3.63) is 0 Å². The van der Waals surface area contributed by atoms with Crippen LogP contribution in [0.15, 0.2) is 0 Å². The summed E-state index contributed by atoms with van der Waals surface area (Å²) >= 11 is 0. The molecule has 0 aliphatic carbocycles. The Morgan fingerprint density at radius 2 is 1.91 bits per heavy atom. The summed E-state index contributed by atoms with van der Waals surface area (Å²) in [6, 6.07) is 2.48. The Labute approximate surface area is 69.2 Å². The Kier molecular flexibility index (Phi) is 1.69. The van der Waals surface area contributed by atoms with E-state index in [1.165, 1.54) is 19.5 Å². The third-order valence-electron chi connectivity index (χ3n) is 3.22. The largest absolute Gasteiger partial charge is 0.301 e. The van der Waals surface area contributed by atoms with E-state index in [1.54, 1.807) is 0 Å². The normalized spacial score (nSPS) is 39.3. The van der Waals surface area contributed by atoms with Crippen LogP contribution in [-0.2, 0) is 0 Å². The van der Waals surface area contributed by atoms with Crippen molar-refractivity contribution >= 4 is 0 Å². The van der Waals surface area contributed by atoms with E-state index in [0.29, 0.717) is 0 Å². The Morgan fingerprint density at radius 1 is 1.18 bits per heavy atom. The van der Waals surface area contributed by atoms with E-state index in [9.17, 15) is 0 Å². The van der Waals surface area contributed by atoms with Gasteiger partial charge >= 0.3 is 0 Å². The highest BCUT2D eigenvalue weighted by Crippen LogP contribution is 2.30. The zero-order valence-corrected chi connectivity index (χ0v) is 7.75. The summed E-state index contributed by atoms with van der Waals surface area (Å²) in [5.41, 5.74) is 0. The highest BCUT2D eigenvalue weighted by Gasteiger charge is 2.41. The number of fused-ring (bicyclic) bond motifs is 2. The van der Waals surface area contributed by atoms with Crippen molar-refractivity contribution in [1.29, 1.82) is 0 Å². The molecule has 1 unspecified atom stereocenters. The number of piperazine rings is 1. The average molecular weight is 154 g/mol. The second-order valence-corrected chi connectivity index (χ2v) is 4.27. The molecule has 64 valence electrons. The molecule has 0 saturated carbocycles. The summed E-state index contributed by atoms with van der Waals surface area (Å²) in [4.78, 5) is 5.15. The standard InChI is InChI=1S/C9H18N2/c1-7(2)11-6-8-4-9(11)5-10(8)3/h7-9H,4-6H2,1-3H3/t8-,9?/m0/s1. The fraction of sp³-hybridized carbons (Fsp3) is 1.00. The van der Waals surface area contributed by atoms with Gasteiger partial charge in [0.05, 0.1) is 0 Å². The number of hydrogen-bond donors (Lipinski definition) is 0. The van der Waals surface area contributed by atoms with Crippen molar-refractivity contribution in [3.63, 3.8) is 0 Å². The lowest BCUT2D eigenvalue weighted by Gasteiger charge is -2.34. The van der Waals surface area contributed by atoms with Gasteiger partial charge in [-0.05, 0) is 27.3 Å². The highest BCUT2D eigenvalue weighted by molar-refractivity contribution is 4.99. The molecule has 0 aromatic rings. The van der Waals surface area contributed by atoms with Crippen molar-refractivity contribution in [1.82, 2.24) is 9.80 Å². The van der Waals surface area contributed by atoms with Crippen LogP contribution in [0.2, 0.25) is 0 Å². The molecule has 0 aromatic carbocycles. The molecule has 0 spiro atoms. The lowest BCUT2D eigenvalue weighted by Crippen LogP contribution is -2.47. The van der Waals surface area contributed by atoms with Crippen molar-refractivity contribution < 1.29 is 0 Å². The van der Waals surface area contributed by atoms with Crippen molar-refractivity contribution in [3.8, 4) is 0 Å². The van der Waals surface area contributed by atoms with Gasteiger partial charge in [-0.25, -0.2) is 0 Å². The van der Waals surface area contributed by atoms with Crippen molar-refractivity contribution in [2.75, 3.05) is 20.1 Å². The minimum absolute atomic E-state index is 0.749. The Morgan fingerprint density at radius 3 is 2.27 bits per heavy atom. The summed E-state index contributed by atoms with van der Waals surface area (Å²) in [6.45, 7) is 7.21. The van der Waals surface area contributed by atoms with Gasteiger partial charge in [-0.15, -0.1) is 0 Å². The fourth-order valence-electron chi connectivity index (χ4n) is 2.53. The highest BCUT2D eigenvalue weighted by atomic mass is 15.3. The molecule has 0 aromatic heterocycles. The maximum Gasteiger partial charge on any atom is 0.0241 e. The number of hydrogen-bond acceptors (Lipinski definition) is 2. The summed E-state index contributed by atoms with van der Waals surface area (Å²) in [5.74, 6) is 0. The summed E-state index contributed by atoms with van der Waals surface area (Å²) in [7, 11) is 2.25. The van der Waals surface area contributed by atoms with E-state index in [0.717, 1.165) is 18.1 Å². The van der Waals surface area contributed by atoms with Gasteiger partial charge in [0.2, 0.25) is 0 Å². The van der Waals surface area contributed by atoms with Crippen molar-refractivity contribution in [2.45, 2.75) is 38.4 Å². The molecule has 2 atom stereocenters. The van der Waals surface area contributed by atoms with Crippen LogP contribution in [0.25, 0.3) is 0 Å². The summed E-state index contributed by atoms with van der Waals surface area (Å²) in [5, 5.41) is 0. The third kappa shape index (κ3) is 1.09. The fourth-order valence-corrected chi connectivity index (χ4v) is 2.53. The smallest absolute Gasteiger partial charge is 0.0241 e. The zero-order chi connectivity index (χ0) is 8.01. The lowest BCUT2D eigenvalue weighted by atomic mass is 10.2. The van der Waals surface area contributed by atoms with Crippen LogP contribution in [0.3, 0.4) is 0 Å². The molecule has 11 heavy (non-hydrogen) atoms. The molecule has 2 rings (SSSR count). The van der Waals surface area contributed by atoms with Gasteiger partial charge in [0.1, 0.15) is 0 Å². The van der Waals surface area contributed by atoms with E-state index >= 15 is 0 Å². The van der Waals surface area contributed by atoms with Crippen molar-refractivity contribution in [2.24, 2.45) is 0 Å². The molecule has 2 saturated heterocycles. The van der Waals surface area contributed by atoms with Gasteiger partial charge in [0.15, 0.2) is 0 Å². The zero-order valence-electron chi connectivity index (χ0n) is 7.75.